The highest BCUT2D eigenvalue weighted by Crippen LogP contribution is 2.15. The van der Waals surface area contributed by atoms with Crippen molar-refractivity contribution in [2.24, 2.45) is 4.99 Å². The lowest BCUT2D eigenvalue weighted by Crippen LogP contribution is -2.37. The number of carbonyl (C=O) groups excluding carboxylic acids is 1. The number of halogens is 1. The minimum absolute atomic E-state index is 0. The van der Waals surface area contributed by atoms with E-state index in [1.54, 1.807) is 13.3 Å². The van der Waals surface area contributed by atoms with Crippen LogP contribution in [0.15, 0.2) is 52.1 Å². The van der Waals surface area contributed by atoms with Crippen molar-refractivity contribution < 1.29 is 13.9 Å². The molecule has 1 saturated heterocycles. The average Bonchev–Trinajstić information content (AvgIpc) is 3.39. The molecule has 0 bridgehead atoms. The molecule has 1 fully saturated rings. The van der Waals surface area contributed by atoms with Crippen LogP contribution in [0, 0.1) is 0 Å². The summed E-state index contributed by atoms with van der Waals surface area (Å²) in [6.07, 6.45) is 4.17. The highest BCUT2D eigenvalue weighted by molar-refractivity contribution is 14.0. The number of likely N-dealkylation sites (tertiary alicyclic amines) is 1. The molecule has 0 spiro atoms. The Morgan fingerprint density at radius 1 is 1.23 bits per heavy atom. The predicted molar refractivity (Wildman–Crippen MR) is 128 cm³/mol. The Kier molecular flexibility index (Phi) is 10.7. The Labute approximate surface area is 195 Å². The molecule has 0 atom stereocenters. The topological polar surface area (TPSA) is 79.1 Å². The second-order valence-corrected chi connectivity index (χ2v) is 7.08. The molecule has 30 heavy (non-hydrogen) atoms. The fourth-order valence-corrected chi connectivity index (χ4v) is 3.28. The Hall–Kier alpha value is -2.07. The largest absolute Gasteiger partial charge is 0.467 e. The molecule has 0 aliphatic carbocycles. The number of nitrogens with one attached hydrogen (secondary N) is 2. The van der Waals surface area contributed by atoms with Gasteiger partial charge in [-0.25, -0.2) is 0 Å². The smallest absolute Gasteiger partial charge is 0.222 e. The summed E-state index contributed by atoms with van der Waals surface area (Å²) in [5.41, 5.74) is 2.33. The van der Waals surface area contributed by atoms with Crippen LogP contribution in [0.3, 0.4) is 0 Å². The van der Waals surface area contributed by atoms with E-state index in [0.717, 1.165) is 43.2 Å². The summed E-state index contributed by atoms with van der Waals surface area (Å²) in [7, 11) is 1.76. The molecule has 2 heterocycles. The van der Waals surface area contributed by atoms with Crippen molar-refractivity contribution in [1.29, 1.82) is 0 Å². The molecule has 8 heteroatoms. The van der Waals surface area contributed by atoms with Crippen LogP contribution in [-0.2, 0) is 29.2 Å². The summed E-state index contributed by atoms with van der Waals surface area (Å²) in [5.74, 6) is 1.86. The zero-order chi connectivity index (χ0) is 20.3. The molecule has 164 valence electrons. The number of amides is 1. The number of aliphatic imine (C=N–C) groups is 1. The molecule has 0 saturated carbocycles. The molecule has 1 amide bonds. The SMILES string of the molecule is CN=C(NCCCOCc1ccco1)NCc1cccc(CN2CCCC2=O)c1.I. The number of nitrogens with zero attached hydrogens (tertiary/aromatic N) is 2. The van der Waals surface area contributed by atoms with Crippen LogP contribution in [0.1, 0.15) is 36.1 Å². The number of furan rings is 1. The van der Waals surface area contributed by atoms with Gasteiger partial charge in [0, 0.05) is 46.3 Å². The number of hydrogen-bond acceptors (Lipinski definition) is 4. The number of rotatable bonds is 10. The lowest BCUT2D eigenvalue weighted by molar-refractivity contribution is -0.128. The maximum absolute atomic E-state index is 11.8. The third-order valence-electron chi connectivity index (χ3n) is 4.80. The van der Waals surface area contributed by atoms with E-state index < -0.39 is 0 Å². The van der Waals surface area contributed by atoms with Crippen molar-refractivity contribution in [3.63, 3.8) is 0 Å². The predicted octanol–water partition coefficient (Wildman–Crippen LogP) is 3.29. The standard InChI is InChI=1S/C22H30N4O3.HI/c1-23-22(24-10-5-12-28-17-20-8-4-13-29-20)25-15-18-6-2-7-19(14-18)16-26-11-3-9-21(26)27;/h2,4,6-8,13-14H,3,5,9-12,15-17H2,1H3,(H2,23,24,25);1H. The summed E-state index contributed by atoms with van der Waals surface area (Å²) in [6.45, 7) is 4.16. The van der Waals surface area contributed by atoms with E-state index in [4.69, 9.17) is 9.15 Å². The summed E-state index contributed by atoms with van der Waals surface area (Å²) in [5, 5.41) is 6.63. The van der Waals surface area contributed by atoms with Crippen LogP contribution < -0.4 is 10.6 Å². The fourth-order valence-electron chi connectivity index (χ4n) is 3.28. The van der Waals surface area contributed by atoms with Crippen molar-refractivity contribution >= 4 is 35.8 Å². The third kappa shape index (κ3) is 7.98. The van der Waals surface area contributed by atoms with Gasteiger partial charge in [-0.15, -0.1) is 24.0 Å². The summed E-state index contributed by atoms with van der Waals surface area (Å²) >= 11 is 0. The molecule has 2 N–H and O–H groups in total. The van der Waals surface area contributed by atoms with Crippen molar-refractivity contribution in [2.45, 2.75) is 39.0 Å². The molecule has 7 nitrogen and oxygen atoms in total. The molecule has 1 aromatic heterocycles. The first kappa shape index (κ1) is 24.2. The molecule has 1 aliphatic rings. The van der Waals surface area contributed by atoms with E-state index in [1.165, 1.54) is 5.56 Å². The molecule has 3 rings (SSSR count). The summed E-state index contributed by atoms with van der Waals surface area (Å²) < 4.78 is 10.8. The van der Waals surface area contributed by atoms with E-state index in [-0.39, 0.29) is 29.9 Å². The van der Waals surface area contributed by atoms with Gasteiger partial charge in [-0.05, 0) is 36.1 Å². The van der Waals surface area contributed by atoms with E-state index >= 15 is 0 Å². The van der Waals surface area contributed by atoms with E-state index in [0.29, 0.717) is 32.7 Å². The quantitative estimate of drug-likeness (QED) is 0.215. The van der Waals surface area contributed by atoms with Crippen LogP contribution >= 0.6 is 24.0 Å². The molecule has 0 radical (unpaired) electrons. The minimum Gasteiger partial charge on any atom is -0.467 e. The summed E-state index contributed by atoms with van der Waals surface area (Å²) in [6, 6.07) is 12.1. The van der Waals surface area contributed by atoms with Gasteiger partial charge in [-0.1, -0.05) is 24.3 Å². The van der Waals surface area contributed by atoms with Crippen molar-refractivity contribution in [3.8, 4) is 0 Å². The number of carbonyl (C=O) groups is 1. The number of guanidine groups is 1. The van der Waals surface area contributed by atoms with Crippen LogP contribution in [0.5, 0.6) is 0 Å². The van der Waals surface area contributed by atoms with Crippen LogP contribution in [-0.4, -0.2) is 43.5 Å². The van der Waals surface area contributed by atoms with Gasteiger partial charge in [0.25, 0.3) is 0 Å². The number of hydrogen-bond donors (Lipinski definition) is 2. The van der Waals surface area contributed by atoms with Crippen molar-refractivity contribution in [3.05, 3.63) is 59.5 Å². The Morgan fingerprint density at radius 2 is 2.10 bits per heavy atom. The highest BCUT2D eigenvalue weighted by Gasteiger charge is 2.19. The van der Waals surface area contributed by atoms with Gasteiger partial charge < -0.3 is 24.7 Å². The second kappa shape index (κ2) is 13.3. The van der Waals surface area contributed by atoms with E-state index in [2.05, 4.69) is 33.8 Å². The van der Waals surface area contributed by atoms with Crippen LogP contribution in [0.4, 0.5) is 0 Å². The second-order valence-electron chi connectivity index (χ2n) is 7.08. The fraction of sp³-hybridized carbons (Fsp3) is 0.455. The minimum atomic E-state index is 0. The van der Waals surface area contributed by atoms with Gasteiger partial charge in [0.1, 0.15) is 12.4 Å². The Balaban J connectivity index is 0.00000320. The van der Waals surface area contributed by atoms with Crippen molar-refractivity contribution in [2.75, 3.05) is 26.7 Å². The maximum Gasteiger partial charge on any atom is 0.222 e. The monoisotopic (exact) mass is 526 g/mol. The first-order valence-electron chi connectivity index (χ1n) is 10.1. The lowest BCUT2D eigenvalue weighted by atomic mass is 10.1. The maximum atomic E-state index is 11.8. The first-order chi connectivity index (χ1) is 14.2. The van der Waals surface area contributed by atoms with Gasteiger partial charge in [-0.2, -0.15) is 0 Å². The Morgan fingerprint density at radius 3 is 2.83 bits per heavy atom. The van der Waals surface area contributed by atoms with E-state index in [1.807, 2.05) is 23.1 Å². The number of ether oxygens (including phenoxy) is 1. The zero-order valence-electron chi connectivity index (χ0n) is 17.4. The first-order valence-corrected chi connectivity index (χ1v) is 10.1. The van der Waals surface area contributed by atoms with Crippen molar-refractivity contribution in [1.82, 2.24) is 15.5 Å². The summed E-state index contributed by atoms with van der Waals surface area (Å²) in [4.78, 5) is 18.0. The zero-order valence-corrected chi connectivity index (χ0v) is 19.8. The third-order valence-corrected chi connectivity index (χ3v) is 4.80. The number of benzene rings is 1. The molecule has 1 aromatic carbocycles. The van der Waals surface area contributed by atoms with E-state index in [9.17, 15) is 4.79 Å². The molecular formula is C22H31IN4O3. The van der Waals surface area contributed by atoms with Crippen LogP contribution in [0.25, 0.3) is 0 Å². The highest BCUT2D eigenvalue weighted by atomic mass is 127. The van der Waals surface area contributed by atoms with Gasteiger partial charge in [-0.3, -0.25) is 9.79 Å². The van der Waals surface area contributed by atoms with Gasteiger partial charge >= 0.3 is 0 Å². The lowest BCUT2D eigenvalue weighted by Gasteiger charge is -2.16. The normalized spacial score (nSPS) is 14.0. The van der Waals surface area contributed by atoms with Gasteiger partial charge in [0.15, 0.2) is 5.96 Å². The van der Waals surface area contributed by atoms with Gasteiger partial charge in [0.05, 0.1) is 6.26 Å². The molecule has 0 unspecified atom stereocenters. The van der Waals surface area contributed by atoms with Crippen LogP contribution in [0.2, 0.25) is 0 Å². The molecule has 2 aromatic rings. The Bertz CT molecular complexity index is 795. The molecular weight excluding hydrogens is 495 g/mol. The average molecular weight is 526 g/mol. The molecule has 1 aliphatic heterocycles. The van der Waals surface area contributed by atoms with Gasteiger partial charge in [0.2, 0.25) is 5.91 Å².